The van der Waals surface area contributed by atoms with Crippen molar-refractivity contribution in [1.82, 2.24) is 4.90 Å². The second-order valence-electron chi connectivity index (χ2n) is 5.10. The van der Waals surface area contributed by atoms with Crippen molar-refractivity contribution in [2.24, 2.45) is 11.1 Å². The largest absolute Gasteiger partial charge is 0.342 e. The zero-order valence-electron chi connectivity index (χ0n) is 11.8. The molecule has 0 atom stereocenters. The van der Waals surface area contributed by atoms with Gasteiger partial charge in [-0.1, -0.05) is 13.8 Å². The molecule has 0 heterocycles. The summed E-state index contributed by atoms with van der Waals surface area (Å²) < 4.78 is 36.0. The first-order valence-electron chi connectivity index (χ1n) is 6.20. The lowest BCUT2D eigenvalue weighted by Gasteiger charge is -2.18. The molecule has 2 N–H and O–H groups in total. The molecule has 0 saturated heterocycles. The SMILES string of the molecule is CC(C)CCN(C)C(=O)c1ccc(S(N)(=O)=O)cc1F. The van der Waals surface area contributed by atoms with Gasteiger partial charge in [-0.15, -0.1) is 0 Å². The number of primary sulfonamides is 1. The molecule has 5 nitrogen and oxygen atoms in total. The van der Waals surface area contributed by atoms with Gasteiger partial charge in [-0.3, -0.25) is 4.79 Å². The van der Waals surface area contributed by atoms with Gasteiger partial charge in [0.15, 0.2) is 0 Å². The lowest BCUT2D eigenvalue weighted by atomic mass is 10.1. The molecule has 0 radical (unpaired) electrons. The number of rotatable bonds is 5. The van der Waals surface area contributed by atoms with E-state index in [9.17, 15) is 17.6 Å². The molecule has 1 aromatic carbocycles. The van der Waals surface area contributed by atoms with E-state index in [-0.39, 0.29) is 10.5 Å². The fourth-order valence-electron chi connectivity index (χ4n) is 1.61. The summed E-state index contributed by atoms with van der Waals surface area (Å²) >= 11 is 0. The molecule has 1 aromatic rings. The molecular formula is C13H19FN2O3S. The molecule has 0 unspecified atom stereocenters. The van der Waals surface area contributed by atoms with Gasteiger partial charge in [0.1, 0.15) is 5.82 Å². The Morgan fingerprint density at radius 2 is 2.00 bits per heavy atom. The average Bonchev–Trinajstić information content (AvgIpc) is 2.33. The first-order chi connectivity index (χ1) is 9.12. The molecule has 0 bridgehead atoms. The maximum atomic E-state index is 13.8. The van der Waals surface area contributed by atoms with E-state index in [4.69, 9.17) is 5.14 Å². The minimum absolute atomic E-state index is 0.163. The third-order valence-electron chi connectivity index (χ3n) is 2.89. The van der Waals surface area contributed by atoms with Crippen LogP contribution in [0.3, 0.4) is 0 Å². The monoisotopic (exact) mass is 302 g/mol. The van der Waals surface area contributed by atoms with Gasteiger partial charge in [-0.25, -0.2) is 17.9 Å². The third-order valence-corrected chi connectivity index (χ3v) is 3.80. The molecular weight excluding hydrogens is 283 g/mol. The van der Waals surface area contributed by atoms with Gasteiger partial charge >= 0.3 is 0 Å². The summed E-state index contributed by atoms with van der Waals surface area (Å²) in [6.07, 6.45) is 0.805. The van der Waals surface area contributed by atoms with Gasteiger partial charge in [0.25, 0.3) is 5.91 Å². The van der Waals surface area contributed by atoms with Gasteiger partial charge < -0.3 is 4.90 Å². The van der Waals surface area contributed by atoms with E-state index in [2.05, 4.69) is 0 Å². The van der Waals surface area contributed by atoms with E-state index in [0.717, 1.165) is 24.6 Å². The number of sulfonamides is 1. The van der Waals surface area contributed by atoms with Crippen LogP contribution in [0.2, 0.25) is 0 Å². The van der Waals surface area contributed by atoms with Crippen molar-refractivity contribution in [1.29, 1.82) is 0 Å². The number of hydrogen-bond acceptors (Lipinski definition) is 3. The summed E-state index contributed by atoms with van der Waals surface area (Å²) in [5.74, 6) is -0.943. The predicted octanol–water partition coefficient (Wildman–Crippen LogP) is 1.59. The molecule has 1 rings (SSSR count). The lowest BCUT2D eigenvalue weighted by Crippen LogP contribution is -2.29. The Kier molecular flexibility index (Phi) is 5.24. The molecule has 112 valence electrons. The summed E-state index contributed by atoms with van der Waals surface area (Å²) in [5, 5.41) is 4.90. The van der Waals surface area contributed by atoms with Gasteiger partial charge in [-0.2, -0.15) is 0 Å². The predicted molar refractivity (Wildman–Crippen MR) is 74.2 cm³/mol. The number of hydrogen-bond donors (Lipinski definition) is 1. The fourth-order valence-corrected chi connectivity index (χ4v) is 2.13. The van der Waals surface area contributed by atoms with Crippen molar-refractivity contribution in [3.8, 4) is 0 Å². The van der Waals surface area contributed by atoms with Crippen molar-refractivity contribution in [3.05, 3.63) is 29.6 Å². The number of nitrogens with zero attached hydrogens (tertiary/aromatic N) is 1. The third kappa shape index (κ3) is 4.28. The van der Waals surface area contributed by atoms with Crippen LogP contribution in [0.25, 0.3) is 0 Å². The smallest absolute Gasteiger partial charge is 0.256 e. The summed E-state index contributed by atoms with van der Waals surface area (Å²) in [4.78, 5) is 13.1. The Hall–Kier alpha value is -1.47. The van der Waals surface area contributed by atoms with Gasteiger partial charge in [0, 0.05) is 13.6 Å². The highest BCUT2D eigenvalue weighted by molar-refractivity contribution is 7.89. The summed E-state index contributed by atoms with van der Waals surface area (Å²) in [7, 11) is -2.39. The number of amides is 1. The van der Waals surface area contributed by atoms with E-state index < -0.39 is 21.7 Å². The van der Waals surface area contributed by atoms with Crippen LogP contribution in [0.15, 0.2) is 23.1 Å². The normalized spacial score (nSPS) is 11.7. The summed E-state index contributed by atoms with van der Waals surface area (Å²) in [6, 6.07) is 3.03. The fraction of sp³-hybridized carbons (Fsp3) is 0.462. The van der Waals surface area contributed by atoms with Crippen LogP contribution in [0.1, 0.15) is 30.6 Å². The Labute approximate surface area is 118 Å². The highest BCUT2D eigenvalue weighted by Crippen LogP contribution is 2.15. The quantitative estimate of drug-likeness (QED) is 0.897. The highest BCUT2D eigenvalue weighted by atomic mass is 32.2. The topological polar surface area (TPSA) is 80.5 Å². The van der Waals surface area contributed by atoms with Crippen LogP contribution in [0.4, 0.5) is 4.39 Å². The molecule has 0 saturated carbocycles. The van der Waals surface area contributed by atoms with Crippen molar-refractivity contribution >= 4 is 15.9 Å². The Balaban J connectivity index is 2.95. The summed E-state index contributed by atoms with van der Waals surface area (Å²) in [6.45, 7) is 4.56. The van der Waals surface area contributed by atoms with Crippen LogP contribution in [0.5, 0.6) is 0 Å². The minimum Gasteiger partial charge on any atom is -0.342 e. The molecule has 0 aliphatic heterocycles. The van der Waals surface area contributed by atoms with Crippen LogP contribution in [0, 0.1) is 11.7 Å². The zero-order valence-corrected chi connectivity index (χ0v) is 12.6. The minimum atomic E-state index is -3.97. The molecule has 0 aromatic heterocycles. The Morgan fingerprint density at radius 1 is 1.40 bits per heavy atom. The second kappa shape index (κ2) is 6.32. The zero-order chi connectivity index (χ0) is 15.5. The van der Waals surface area contributed by atoms with Crippen LogP contribution >= 0.6 is 0 Å². The molecule has 20 heavy (non-hydrogen) atoms. The molecule has 0 aliphatic carbocycles. The molecule has 0 fully saturated rings. The van der Waals surface area contributed by atoms with Crippen LogP contribution in [-0.2, 0) is 10.0 Å². The van der Waals surface area contributed by atoms with Crippen molar-refractivity contribution in [2.45, 2.75) is 25.2 Å². The number of carbonyl (C=O) groups is 1. The number of carbonyl (C=O) groups excluding carboxylic acids is 1. The molecule has 7 heteroatoms. The lowest BCUT2D eigenvalue weighted by molar-refractivity contribution is 0.0784. The molecule has 1 amide bonds. The van der Waals surface area contributed by atoms with Crippen LogP contribution < -0.4 is 5.14 Å². The molecule has 0 spiro atoms. The van der Waals surface area contributed by atoms with Crippen molar-refractivity contribution in [3.63, 3.8) is 0 Å². The number of nitrogens with two attached hydrogens (primary N) is 1. The standard InChI is InChI=1S/C13H19FN2O3S/c1-9(2)6-7-16(3)13(17)11-5-4-10(8-12(11)14)20(15,18)19/h4-5,8-9H,6-7H2,1-3H3,(H2,15,18,19). The van der Waals surface area contributed by atoms with E-state index in [1.807, 2.05) is 13.8 Å². The molecule has 0 aliphatic rings. The van der Waals surface area contributed by atoms with E-state index in [1.54, 1.807) is 7.05 Å². The maximum Gasteiger partial charge on any atom is 0.256 e. The van der Waals surface area contributed by atoms with Crippen molar-refractivity contribution < 1.29 is 17.6 Å². The first-order valence-corrected chi connectivity index (χ1v) is 7.75. The van der Waals surface area contributed by atoms with E-state index in [0.29, 0.717) is 12.5 Å². The van der Waals surface area contributed by atoms with Gasteiger partial charge in [0.2, 0.25) is 10.0 Å². The number of benzene rings is 1. The van der Waals surface area contributed by atoms with Gasteiger partial charge in [-0.05, 0) is 30.5 Å². The highest BCUT2D eigenvalue weighted by Gasteiger charge is 2.19. The van der Waals surface area contributed by atoms with Crippen LogP contribution in [-0.4, -0.2) is 32.8 Å². The number of halogens is 1. The summed E-state index contributed by atoms with van der Waals surface area (Å²) in [5.41, 5.74) is -0.163. The average molecular weight is 302 g/mol. The Morgan fingerprint density at radius 3 is 2.45 bits per heavy atom. The van der Waals surface area contributed by atoms with E-state index >= 15 is 0 Å². The van der Waals surface area contributed by atoms with Gasteiger partial charge in [0.05, 0.1) is 10.5 Å². The maximum absolute atomic E-state index is 13.8. The second-order valence-corrected chi connectivity index (χ2v) is 6.66. The van der Waals surface area contributed by atoms with E-state index in [1.165, 1.54) is 4.90 Å². The Bertz CT molecular complexity index is 600. The van der Waals surface area contributed by atoms with Crippen molar-refractivity contribution in [2.75, 3.05) is 13.6 Å². The first kappa shape index (κ1) is 16.6.